The minimum Gasteiger partial charge on any atom is -0.461 e. The van der Waals surface area contributed by atoms with Crippen molar-refractivity contribution >= 4 is 17.8 Å². The Hall–Kier alpha value is -3.20. The van der Waals surface area contributed by atoms with Crippen molar-refractivity contribution in [3.63, 3.8) is 0 Å². The second-order valence-corrected chi connectivity index (χ2v) is 6.34. The maximum absolute atomic E-state index is 11.9. The number of nitrogens with zero attached hydrogens (tertiary/aromatic N) is 1. The first-order chi connectivity index (χ1) is 13.2. The fraction of sp³-hybridized carbons (Fsp3) is 0.167. The average Bonchev–Trinajstić information content (AvgIpc) is 2.70. The molecule has 0 unspecified atom stereocenters. The Morgan fingerprint density at radius 1 is 1.00 bits per heavy atom. The van der Waals surface area contributed by atoms with Crippen LogP contribution in [0.3, 0.4) is 0 Å². The summed E-state index contributed by atoms with van der Waals surface area (Å²) in [7, 11) is 0. The highest BCUT2D eigenvalue weighted by molar-refractivity contribution is 6.14. The van der Waals surface area contributed by atoms with E-state index >= 15 is 0 Å². The highest BCUT2D eigenvalue weighted by Crippen LogP contribution is 2.17. The predicted octanol–water partition coefficient (Wildman–Crippen LogP) is 5.08. The van der Waals surface area contributed by atoms with Crippen LogP contribution >= 0.6 is 0 Å². The van der Waals surface area contributed by atoms with Gasteiger partial charge in [0.05, 0.1) is 18.7 Å². The SMILES string of the molecule is Cc1ccccc1/C=C1/C=CC=C/C1=N\CCC(=O)OCc1ccccc1. The van der Waals surface area contributed by atoms with Crippen molar-refractivity contribution in [2.45, 2.75) is 20.0 Å². The van der Waals surface area contributed by atoms with Gasteiger partial charge in [-0.25, -0.2) is 0 Å². The minimum absolute atomic E-state index is 0.233. The molecule has 0 heterocycles. The van der Waals surface area contributed by atoms with Crippen molar-refractivity contribution in [2.75, 3.05) is 6.54 Å². The second kappa shape index (κ2) is 9.48. The van der Waals surface area contributed by atoms with Crippen LogP contribution in [0, 0.1) is 6.92 Å². The lowest BCUT2D eigenvalue weighted by Crippen LogP contribution is -2.08. The van der Waals surface area contributed by atoms with Gasteiger partial charge in [-0.15, -0.1) is 0 Å². The van der Waals surface area contributed by atoms with E-state index < -0.39 is 0 Å². The van der Waals surface area contributed by atoms with Crippen LogP contribution in [0.2, 0.25) is 0 Å². The van der Waals surface area contributed by atoms with Crippen LogP contribution in [0.1, 0.15) is 23.1 Å². The van der Waals surface area contributed by atoms with Crippen molar-refractivity contribution in [1.82, 2.24) is 0 Å². The smallest absolute Gasteiger partial charge is 0.307 e. The zero-order valence-corrected chi connectivity index (χ0v) is 15.5. The number of benzene rings is 2. The number of aliphatic imine (C=N–C) groups is 1. The summed E-state index contributed by atoms with van der Waals surface area (Å²) >= 11 is 0. The van der Waals surface area contributed by atoms with Crippen LogP contribution in [0.5, 0.6) is 0 Å². The summed E-state index contributed by atoms with van der Waals surface area (Å²) in [6.07, 6.45) is 10.4. The normalized spacial score (nSPS) is 16.0. The Bertz CT molecular complexity index is 905. The average molecular weight is 357 g/mol. The van der Waals surface area contributed by atoms with Crippen molar-refractivity contribution in [3.05, 3.63) is 101 Å². The fourth-order valence-electron chi connectivity index (χ4n) is 2.75. The number of carbonyl (C=O) groups excluding carboxylic acids is 1. The summed E-state index contributed by atoms with van der Waals surface area (Å²) in [6, 6.07) is 17.9. The zero-order chi connectivity index (χ0) is 18.9. The van der Waals surface area contributed by atoms with Gasteiger partial charge in [0.2, 0.25) is 0 Å². The maximum atomic E-state index is 11.9. The summed E-state index contributed by atoms with van der Waals surface area (Å²) < 4.78 is 5.30. The molecule has 3 nitrogen and oxygen atoms in total. The van der Waals surface area contributed by atoms with E-state index in [1.807, 2.05) is 66.8 Å². The number of hydrogen-bond acceptors (Lipinski definition) is 3. The molecule has 3 rings (SSSR count). The Morgan fingerprint density at radius 3 is 2.56 bits per heavy atom. The van der Waals surface area contributed by atoms with Crippen LogP contribution in [-0.2, 0) is 16.1 Å². The van der Waals surface area contributed by atoms with Crippen LogP contribution in [0.25, 0.3) is 6.08 Å². The molecule has 0 N–H and O–H groups in total. The molecule has 2 aromatic rings. The zero-order valence-electron chi connectivity index (χ0n) is 15.5. The monoisotopic (exact) mass is 357 g/mol. The Morgan fingerprint density at radius 2 is 1.74 bits per heavy atom. The van der Waals surface area contributed by atoms with Crippen LogP contribution < -0.4 is 0 Å². The van der Waals surface area contributed by atoms with E-state index in [-0.39, 0.29) is 12.4 Å². The molecule has 2 aromatic carbocycles. The molecule has 0 radical (unpaired) electrons. The van der Waals surface area contributed by atoms with Gasteiger partial charge in [-0.3, -0.25) is 9.79 Å². The Kier molecular flexibility index (Phi) is 6.53. The van der Waals surface area contributed by atoms with Gasteiger partial charge in [0, 0.05) is 5.57 Å². The van der Waals surface area contributed by atoms with Crippen molar-refractivity contribution in [3.8, 4) is 0 Å². The summed E-state index contributed by atoms with van der Waals surface area (Å²) in [5, 5.41) is 0. The first-order valence-electron chi connectivity index (χ1n) is 9.09. The van der Waals surface area contributed by atoms with E-state index in [9.17, 15) is 4.79 Å². The van der Waals surface area contributed by atoms with E-state index in [1.54, 1.807) is 0 Å². The molecule has 1 aliphatic carbocycles. The van der Waals surface area contributed by atoms with E-state index in [2.05, 4.69) is 30.1 Å². The van der Waals surface area contributed by atoms with Gasteiger partial charge in [0.25, 0.3) is 0 Å². The summed E-state index contributed by atoms with van der Waals surface area (Å²) in [5.41, 5.74) is 5.31. The van der Waals surface area contributed by atoms with Crippen molar-refractivity contribution < 1.29 is 9.53 Å². The maximum Gasteiger partial charge on any atom is 0.307 e. The first kappa shape index (κ1) is 18.6. The third kappa shape index (κ3) is 5.65. The quantitative estimate of drug-likeness (QED) is 0.676. The lowest BCUT2D eigenvalue weighted by molar-refractivity contribution is -0.144. The minimum atomic E-state index is -0.233. The van der Waals surface area contributed by atoms with Gasteiger partial charge >= 0.3 is 5.97 Å². The highest BCUT2D eigenvalue weighted by Gasteiger charge is 2.07. The molecule has 0 bridgehead atoms. The van der Waals surface area contributed by atoms with Crippen LogP contribution in [0.15, 0.2) is 89.5 Å². The molecule has 0 aliphatic heterocycles. The van der Waals surface area contributed by atoms with E-state index in [0.29, 0.717) is 13.2 Å². The van der Waals surface area contributed by atoms with Gasteiger partial charge in [-0.1, -0.05) is 72.8 Å². The number of rotatable bonds is 6. The van der Waals surface area contributed by atoms with Crippen LogP contribution in [-0.4, -0.2) is 18.2 Å². The lowest BCUT2D eigenvalue weighted by Gasteiger charge is -2.09. The molecule has 27 heavy (non-hydrogen) atoms. The number of esters is 1. The first-order valence-corrected chi connectivity index (χ1v) is 9.09. The Labute approximate surface area is 160 Å². The third-order valence-electron chi connectivity index (χ3n) is 4.28. The highest BCUT2D eigenvalue weighted by atomic mass is 16.5. The molecule has 1 aliphatic rings. The molecule has 0 fully saturated rings. The number of carbonyl (C=O) groups is 1. The predicted molar refractivity (Wildman–Crippen MR) is 111 cm³/mol. The molecule has 0 saturated heterocycles. The van der Waals surface area contributed by atoms with E-state index in [1.165, 1.54) is 11.1 Å². The molecular formula is C24H23NO2. The molecule has 136 valence electrons. The van der Waals surface area contributed by atoms with E-state index in [0.717, 1.165) is 16.8 Å². The standard InChI is InChI=1S/C24H23NO2/c1-19-9-5-6-12-21(19)17-22-13-7-8-14-23(22)25-16-15-24(26)27-18-20-10-3-2-4-11-20/h2-14,17H,15-16,18H2,1H3/b22-17-,25-23+. The topological polar surface area (TPSA) is 38.7 Å². The largest absolute Gasteiger partial charge is 0.461 e. The second-order valence-electron chi connectivity index (χ2n) is 6.34. The molecule has 0 atom stereocenters. The lowest BCUT2D eigenvalue weighted by atomic mass is 10.00. The molecular weight excluding hydrogens is 334 g/mol. The third-order valence-corrected chi connectivity index (χ3v) is 4.28. The fourth-order valence-corrected chi connectivity index (χ4v) is 2.75. The van der Waals surface area contributed by atoms with Gasteiger partial charge in [0.15, 0.2) is 0 Å². The van der Waals surface area contributed by atoms with Crippen molar-refractivity contribution in [2.24, 2.45) is 4.99 Å². The molecule has 0 aromatic heterocycles. The van der Waals surface area contributed by atoms with E-state index in [4.69, 9.17) is 4.74 Å². The summed E-state index contributed by atoms with van der Waals surface area (Å²) in [4.78, 5) is 16.5. The number of hydrogen-bond donors (Lipinski definition) is 0. The number of allylic oxidation sites excluding steroid dienone is 5. The summed E-state index contributed by atoms with van der Waals surface area (Å²) in [6.45, 7) is 2.80. The van der Waals surface area contributed by atoms with Gasteiger partial charge in [0.1, 0.15) is 6.61 Å². The van der Waals surface area contributed by atoms with Gasteiger partial charge in [-0.05, 0) is 35.8 Å². The molecule has 0 saturated carbocycles. The van der Waals surface area contributed by atoms with Gasteiger partial charge < -0.3 is 4.74 Å². The molecule has 3 heteroatoms. The molecule has 0 amide bonds. The number of aryl methyl sites for hydroxylation is 1. The summed E-state index contributed by atoms with van der Waals surface area (Å²) in [5.74, 6) is -0.233. The van der Waals surface area contributed by atoms with Gasteiger partial charge in [-0.2, -0.15) is 0 Å². The number of ether oxygens (including phenoxy) is 1. The molecule has 0 spiro atoms. The van der Waals surface area contributed by atoms with Crippen molar-refractivity contribution in [1.29, 1.82) is 0 Å². The Balaban J connectivity index is 1.58. The van der Waals surface area contributed by atoms with Crippen LogP contribution in [0.4, 0.5) is 0 Å².